The van der Waals surface area contributed by atoms with Crippen LogP contribution in [0.5, 0.6) is 0 Å². The maximum absolute atomic E-state index is 12.0. The van der Waals surface area contributed by atoms with Crippen LogP contribution in [0.2, 0.25) is 5.02 Å². The van der Waals surface area contributed by atoms with Gasteiger partial charge in [0.05, 0.1) is 12.3 Å². The van der Waals surface area contributed by atoms with Crippen molar-refractivity contribution in [2.75, 3.05) is 30.9 Å². The quantitative estimate of drug-likeness (QED) is 0.683. The number of nitrogens with zero attached hydrogens (tertiary/aromatic N) is 1. The number of methoxy groups -OCH3 is 1. The minimum atomic E-state index is -0.447. The van der Waals surface area contributed by atoms with E-state index in [2.05, 4.69) is 20.9 Å². The average Bonchev–Trinajstić information content (AvgIpc) is 2.90. The van der Waals surface area contributed by atoms with Gasteiger partial charge in [-0.05, 0) is 31.2 Å². The molecule has 0 fully saturated rings. The fourth-order valence-corrected chi connectivity index (χ4v) is 2.80. The van der Waals surface area contributed by atoms with Gasteiger partial charge in [-0.3, -0.25) is 10.1 Å². The molecule has 128 valence electrons. The summed E-state index contributed by atoms with van der Waals surface area (Å²) in [5.74, 6) is -0.242. The number of nitrogens with one attached hydrogen (secondary N) is 3. The largest absolute Gasteiger partial charge is 0.383 e. The van der Waals surface area contributed by atoms with Crippen LogP contribution < -0.4 is 16.0 Å². The number of benzene rings is 1. The molecule has 3 amide bonds. The van der Waals surface area contributed by atoms with Crippen LogP contribution in [0.25, 0.3) is 0 Å². The number of carbonyl (C=O) groups is 2. The molecule has 0 aliphatic rings. The van der Waals surface area contributed by atoms with Gasteiger partial charge in [0.2, 0.25) is 0 Å². The highest BCUT2D eigenvalue weighted by Crippen LogP contribution is 2.22. The van der Waals surface area contributed by atoms with Gasteiger partial charge >= 0.3 is 6.03 Å². The second kappa shape index (κ2) is 8.62. The van der Waals surface area contributed by atoms with Crippen LogP contribution in [0.15, 0.2) is 24.3 Å². The van der Waals surface area contributed by atoms with E-state index in [1.54, 1.807) is 38.3 Å². The summed E-state index contributed by atoms with van der Waals surface area (Å²) in [6, 6.07) is 6.27. The molecule has 2 aromatic rings. The Bertz CT molecular complexity index is 718. The summed E-state index contributed by atoms with van der Waals surface area (Å²) < 4.78 is 4.88. The molecule has 0 aliphatic carbocycles. The number of aromatic nitrogens is 1. The summed E-state index contributed by atoms with van der Waals surface area (Å²) >= 11 is 6.90. The van der Waals surface area contributed by atoms with Crippen LogP contribution in [0.3, 0.4) is 0 Å². The molecule has 9 heteroatoms. The van der Waals surface area contributed by atoms with Gasteiger partial charge < -0.3 is 15.4 Å². The molecule has 0 saturated heterocycles. The number of ether oxygens (including phenoxy) is 1. The number of anilines is 2. The third-order valence-electron chi connectivity index (χ3n) is 2.92. The summed E-state index contributed by atoms with van der Waals surface area (Å²) in [7, 11) is 1.56. The van der Waals surface area contributed by atoms with Gasteiger partial charge in [-0.1, -0.05) is 22.9 Å². The highest BCUT2D eigenvalue weighted by molar-refractivity contribution is 7.17. The normalized spacial score (nSPS) is 10.3. The van der Waals surface area contributed by atoms with Gasteiger partial charge in [0.25, 0.3) is 5.91 Å². The van der Waals surface area contributed by atoms with Crippen molar-refractivity contribution in [3.05, 3.63) is 39.9 Å². The Morgan fingerprint density at radius 3 is 2.62 bits per heavy atom. The number of amides is 3. The fraction of sp³-hybridized carbons (Fsp3) is 0.267. The molecule has 1 heterocycles. The van der Waals surface area contributed by atoms with Crippen LogP contribution in [-0.2, 0) is 4.74 Å². The first-order valence-electron chi connectivity index (χ1n) is 7.07. The highest BCUT2D eigenvalue weighted by Gasteiger charge is 2.16. The first-order chi connectivity index (χ1) is 11.5. The van der Waals surface area contributed by atoms with E-state index >= 15 is 0 Å². The Morgan fingerprint density at radius 1 is 1.25 bits per heavy atom. The van der Waals surface area contributed by atoms with Gasteiger partial charge in [0.1, 0.15) is 4.88 Å². The van der Waals surface area contributed by atoms with Crippen molar-refractivity contribution >= 4 is 45.7 Å². The van der Waals surface area contributed by atoms with E-state index in [4.69, 9.17) is 16.3 Å². The number of thiazole rings is 1. The Labute approximate surface area is 148 Å². The lowest BCUT2D eigenvalue weighted by molar-refractivity contribution is 0.0940. The molecule has 0 unspecified atom stereocenters. The van der Waals surface area contributed by atoms with E-state index in [-0.39, 0.29) is 5.91 Å². The lowest BCUT2D eigenvalue weighted by Gasteiger charge is -2.05. The molecule has 7 nitrogen and oxygen atoms in total. The Morgan fingerprint density at radius 2 is 1.96 bits per heavy atom. The van der Waals surface area contributed by atoms with Crippen LogP contribution in [0, 0.1) is 6.92 Å². The van der Waals surface area contributed by atoms with Crippen molar-refractivity contribution in [3.8, 4) is 0 Å². The number of urea groups is 1. The van der Waals surface area contributed by atoms with E-state index in [1.807, 2.05) is 0 Å². The highest BCUT2D eigenvalue weighted by atomic mass is 35.5. The van der Waals surface area contributed by atoms with Crippen molar-refractivity contribution in [1.29, 1.82) is 0 Å². The topological polar surface area (TPSA) is 92.4 Å². The van der Waals surface area contributed by atoms with Crippen LogP contribution >= 0.6 is 22.9 Å². The van der Waals surface area contributed by atoms with E-state index in [0.29, 0.717) is 39.6 Å². The third-order valence-corrected chi connectivity index (χ3v) is 4.24. The maximum atomic E-state index is 12.0. The summed E-state index contributed by atoms with van der Waals surface area (Å²) in [5.41, 5.74) is 1.15. The van der Waals surface area contributed by atoms with Crippen molar-refractivity contribution in [2.24, 2.45) is 0 Å². The molecular formula is C15H17ClN4O3S. The molecular weight excluding hydrogens is 352 g/mol. The molecule has 2 rings (SSSR count). The lowest BCUT2D eigenvalue weighted by atomic mass is 10.3. The Balaban J connectivity index is 1.95. The van der Waals surface area contributed by atoms with Crippen molar-refractivity contribution < 1.29 is 14.3 Å². The monoisotopic (exact) mass is 368 g/mol. The molecule has 24 heavy (non-hydrogen) atoms. The van der Waals surface area contributed by atoms with Gasteiger partial charge in [-0.2, -0.15) is 0 Å². The van der Waals surface area contributed by atoms with E-state index < -0.39 is 6.03 Å². The van der Waals surface area contributed by atoms with E-state index in [9.17, 15) is 9.59 Å². The van der Waals surface area contributed by atoms with Gasteiger partial charge in [0.15, 0.2) is 5.13 Å². The molecule has 0 radical (unpaired) electrons. The number of carbonyl (C=O) groups excluding carboxylic acids is 2. The first-order valence-corrected chi connectivity index (χ1v) is 8.27. The summed E-state index contributed by atoms with van der Waals surface area (Å²) in [4.78, 5) is 28.6. The van der Waals surface area contributed by atoms with Gasteiger partial charge in [-0.15, -0.1) is 0 Å². The molecule has 0 atom stereocenters. The number of rotatable bonds is 6. The molecule has 3 N–H and O–H groups in total. The fourth-order valence-electron chi connectivity index (χ4n) is 1.80. The average molecular weight is 369 g/mol. The summed E-state index contributed by atoms with van der Waals surface area (Å²) in [5, 5.41) is 8.91. The van der Waals surface area contributed by atoms with Crippen molar-refractivity contribution in [3.63, 3.8) is 0 Å². The zero-order valence-corrected chi connectivity index (χ0v) is 14.8. The van der Waals surface area contributed by atoms with E-state index in [0.717, 1.165) is 11.3 Å². The number of aryl methyl sites for hydroxylation is 1. The molecule has 0 spiro atoms. The number of hydrogen-bond donors (Lipinski definition) is 3. The van der Waals surface area contributed by atoms with Crippen molar-refractivity contribution in [1.82, 2.24) is 10.3 Å². The molecule has 1 aromatic carbocycles. The predicted molar refractivity (Wildman–Crippen MR) is 95.2 cm³/mol. The third kappa shape index (κ3) is 5.19. The smallest absolute Gasteiger partial charge is 0.325 e. The number of halogens is 1. The van der Waals surface area contributed by atoms with Crippen molar-refractivity contribution in [2.45, 2.75) is 6.92 Å². The van der Waals surface area contributed by atoms with E-state index in [1.165, 1.54) is 0 Å². The zero-order valence-electron chi connectivity index (χ0n) is 13.2. The Kier molecular flexibility index (Phi) is 6.53. The van der Waals surface area contributed by atoms with Crippen LogP contribution in [-0.4, -0.2) is 37.2 Å². The van der Waals surface area contributed by atoms with Crippen LogP contribution in [0.1, 0.15) is 15.4 Å². The molecule has 0 saturated carbocycles. The maximum Gasteiger partial charge on any atom is 0.325 e. The molecule has 0 bridgehead atoms. The minimum Gasteiger partial charge on any atom is -0.383 e. The second-order valence-electron chi connectivity index (χ2n) is 4.77. The molecule has 1 aromatic heterocycles. The number of hydrogen-bond acceptors (Lipinski definition) is 5. The molecule has 0 aliphatic heterocycles. The second-order valence-corrected chi connectivity index (χ2v) is 6.20. The predicted octanol–water partition coefficient (Wildman–Crippen LogP) is 3.13. The van der Waals surface area contributed by atoms with Gasteiger partial charge in [0, 0.05) is 24.4 Å². The van der Waals surface area contributed by atoms with Crippen LogP contribution in [0.4, 0.5) is 15.6 Å². The first kappa shape index (κ1) is 18.2. The minimum absolute atomic E-state index is 0.242. The SMILES string of the molecule is COCCNC(=O)c1sc(NC(=O)Nc2ccc(Cl)cc2)nc1C. The summed E-state index contributed by atoms with van der Waals surface area (Å²) in [6.07, 6.45) is 0. The summed E-state index contributed by atoms with van der Waals surface area (Å²) in [6.45, 7) is 2.55. The van der Waals surface area contributed by atoms with Gasteiger partial charge in [-0.25, -0.2) is 9.78 Å². The lowest BCUT2D eigenvalue weighted by Crippen LogP contribution is -2.26. The standard InChI is InChI=1S/C15H17ClN4O3S/c1-9-12(13(21)17-7-8-23-2)24-15(18-9)20-14(22)19-11-5-3-10(16)4-6-11/h3-6H,7-8H2,1-2H3,(H,17,21)(H2,18,19,20,22). The zero-order chi connectivity index (χ0) is 17.5. The Hall–Kier alpha value is -2.16.